The third-order valence-electron chi connectivity index (χ3n) is 5.31. The van der Waals surface area contributed by atoms with Crippen LogP contribution in [0.4, 0.5) is 0 Å². The van der Waals surface area contributed by atoms with Crippen molar-refractivity contribution in [2.24, 2.45) is 0 Å². The highest BCUT2D eigenvalue weighted by atomic mass is 16.1. The van der Waals surface area contributed by atoms with Crippen molar-refractivity contribution in [3.63, 3.8) is 0 Å². The van der Waals surface area contributed by atoms with Crippen molar-refractivity contribution in [2.75, 3.05) is 39.8 Å². The molecule has 1 fully saturated rings. The zero-order chi connectivity index (χ0) is 19.1. The van der Waals surface area contributed by atoms with Gasteiger partial charge in [0.1, 0.15) is 0 Å². The van der Waals surface area contributed by atoms with Crippen LogP contribution in [0.25, 0.3) is 0 Å². The zero-order valence-electron chi connectivity index (χ0n) is 16.5. The van der Waals surface area contributed by atoms with E-state index in [2.05, 4.69) is 71.6 Å². The summed E-state index contributed by atoms with van der Waals surface area (Å²) in [6, 6.07) is 19.4. The maximum atomic E-state index is 12.1. The summed E-state index contributed by atoms with van der Waals surface area (Å²) in [6.45, 7) is 7.04. The molecule has 1 unspecified atom stereocenters. The Morgan fingerprint density at radius 3 is 2.56 bits per heavy atom. The van der Waals surface area contributed by atoms with Crippen LogP contribution >= 0.6 is 0 Å². The van der Waals surface area contributed by atoms with E-state index in [4.69, 9.17) is 0 Å². The Hall–Kier alpha value is -2.17. The van der Waals surface area contributed by atoms with E-state index in [0.29, 0.717) is 12.5 Å². The molecule has 1 amide bonds. The van der Waals surface area contributed by atoms with Gasteiger partial charge in [-0.3, -0.25) is 9.69 Å². The molecule has 2 aromatic rings. The number of hydrogen-bond acceptors (Lipinski definition) is 3. The Bertz CT molecular complexity index is 714. The summed E-state index contributed by atoms with van der Waals surface area (Å²) in [4.78, 5) is 17.1. The van der Waals surface area contributed by atoms with E-state index < -0.39 is 0 Å². The standard InChI is InChI=1S/C23H31N3O/c1-19-9-11-20(12-10-19)17-23(27)24-13-6-14-26-16-15-25(2)18-22(26)21-7-4-3-5-8-21/h3-5,7-12,22H,6,13-18H2,1-2H3,(H,24,27). The highest BCUT2D eigenvalue weighted by Crippen LogP contribution is 2.24. The SMILES string of the molecule is Cc1ccc(CC(=O)NCCCN2CCN(C)CC2c2ccccc2)cc1. The van der Waals surface area contributed by atoms with E-state index in [1.54, 1.807) is 0 Å². The van der Waals surface area contributed by atoms with Crippen molar-refractivity contribution in [3.05, 3.63) is 71.3 Å². The van der Waals surface area contributed by atoms with Gasteiger partial charge in [0.15, 0.2) is 0 Å². The average Bonchev–Trinajstić information content (AvgIpc) is 2.68. The van der Waals surface area contributed by atoms with Crippen molar-refractivity contribution in [2.45, 2.75) is 25.8 Å². The lowest BCUT2D eigenvalue weighted by Crippen LogP contribution is -2.47. The van der Waals surface area contributed by atoms with Crippen LogP contribution in [0.1, 0.15) is 29.2 Å². The minimum Gasteiger partial charge on any atom is -0.356 e. The molecule has 0 aromatic heterocycles. The number of likely N-dealkylation sites (N-methyl/N-ethyl adjacent to an activating group) is 1. The van der Waals surface area contributed by atoms with Crippen molar-refractivity contribution < 1.29 is 4.79 Å². The number of amides is 1. The van der Waals surface area contributed by atoms with Crippen LogP contribution in [0.15, 0.2) is 54.6 Å². The summed E-state index contributed by atoms with van der Waals surface area (Å²) >= 11 is 0. The summed E-state index contributed by atoms with van der Waals surface area (Å²) in [7, 11) is 2.19. The van der Waals surface area contributed by atoms with E-state index >= 15 is 0 Å². The molecule has 4 heteroatoms. The summed E-state index contributed by atoms with van der Waals surface area (Å²) in [6.07, 6.45) is 1.44. The van der Waals surface area contributed by atoms with Gasteiger partial charge in [0.25, 0.3) is 0 Å². The maximum Gasteiger partial charge on any atom is 0.224 e. The minimum atomic E-state index is 0.108. The van der Waals surface area contributed by atoms with Gasteiger partial charge >= 0.3 is 0 Å². The molecular formula is C23H31N3O. The second-order valence-electron chi connectivity index (χ2n) is 7.59. The number of benzene rings is 2. The number of nitrogens with one attached hydrogen (secondary N) is 1. The molecule has 1 saturated heterocycles. The Morgan fingerprint density at radius 1 is 1.07 bits per heavy atom. The van der Waals surface area contributed by atoms with Crippen molar-refractivity contribution in [3.8, 4) is 0 Å². The smallest absolute Gasteiger partial charge is 0.224 e. The lowest BCUT2D eigenvalue weighted by molar-refractivity contribution is -0.120. The third kappa shape index (κ3) is 5.91. The van der Waals surface area contributed by atoms with E-state index in [-0.39, 0.29) is 5.91 Å². The van der Waals surface area contributed by atoms with Crippen LogP contribution in [0.5, 0.6) is 0 Å². The molecule has 27 heavy (non-hydrogen) atoms. The summed E-state index contributed by atoms with van der Waals surface area (Å²) < 4.78 is 0. The van der Waals surface area contributed by atoms with Gasteiger partial charge < -0.3 is 10.2 Å². The van der Waals surface area contributed by atoms with E-state index in [9.17, 15) is 4.79 Å². The van der Waals surface area contributed by atoms with E-state index in [0.717, 1.165) is 44.7 Å². The van der Waals surface area contributed by atoms with Gasteiger partial charge in [0.2, 0.25) is 5.91 Å². The molecule has 0 bridgehead atoms. The fraction of sp³-hybridized carbons (Fsp3) is 0.435. The molecule has 0 spiro atoms. The topological polar surface area (TPSA) is 35.6 Å². The molecule has 0 saturated carbocycles. The van der Waals surface area contributed by atoms with Gasteiger partial charge in [-0.1, -0.05) is 60.2 Å². The summed E-state index contributed by atoms with van der Waals surface area (Å²) in [5, 5.41) is 3.07. The van der Waals surface area contributed by atoms with Crippen molar-refractivity contribution >= 4 is 5.91 Å². The molecule has 1 N–H and O–H groups in total. The lowest BCUT2D eigenvalue weighted by Gasteiger charge is -2.40. The summed E-state index contributed by atoms with van der Waals surface area (Å²) in [5.74, 6) is 0.108. The molecule has 0 aliphatic carbocycles. The molecule has 1 atom stereocenters. The predicted molar refractivity (Wildman–Crippen MR) is 111 cm³/mol. The van der Waals surface area contributed by atoms with Crippen LogP contribution in [-0.4, -0.2) is 55.5 Å². The monoisotopic (exact) mass is 365 g/mol. The van der Waals surface area contributed by atoms with E-state index in [1.165, 1.54) is 11.1 Å². The second kappa shape index (κ2) is 9.67. The highest BCUT2D eigenvalue weighted by Gasteiger charge is 2.25. The number of piperazine rings is 1. The molecule has 1 aliphatic rings. The molecule has 3 rings (SSSR count). The largest absolute Gasteiger partial charge is 0.356 e. The molecule has 144 valence electrons. The number of carbonyl (C=O) groups excluding carboxylic acids is 1. The number of aryl methyl sites for hydroxylation is 1. The molecule has 4 nitrogen and oxygen atoms in total. The first-order valence-electron chi connectivity index (χ1n) is 9.91. The zero-order valence-corrected chi connectivity index (χ0v) is 16.5. The predicted octanol–water partition coefficient (Wildman–Crippen LogP) is 3.03. The number of carbonyl (C=O) groups is 1. The molecule has 2 aromatic carbocycles. The molecule has 1 heterocycles. The first-order chi connectivity index (χ1) is 13.1. The first-order valence-corrected chi connectivity index (χ1v) is 9.91. The first kappa shape index (κ1) is 19.6. The van der Waals surface area contributed by atoms with Gasteiger partial charge in [0, 0.05) is 38.8 Å². The van der Waals surface area contributed by atoms with Gasteiger partial charge in [-0.25, -0.2) is 0 Å². The van der Waals surface area contributed by atoms with Gasteiger partial charge in [0.05, 0.1) is 6.42 Å². The molecular weight excluding hydrogens is 334 g/mol. The number of rotatable bonds is 7. The fourth-order valence-electron chi connectivity index (χ4n) is 3.68. The Kier molecular flexibility index (Phi) is 7.02. The summed E-state index contributed by atoms with van der Waals surface area (Å²) in [5.41, 5.74) is 3.67. The minimum absolute atomic E-state index is 0.108. The second-order valence-corrected chi connectivity index (χ2v) is 7.59. The molecule has 0 radical (unpaired) electrons. The lowest BCUT2D eigenvalue weighted by atomic mass is 10.0. The quantitative estimate of drug-likeness (QED) is 0.766. The average molecular weight is 366 g/mol. The van der Waals surface area contributed by atoms with Gasteiger partial charge in [-0.2, -0.15) is 0 Å². The molecule has 1 aliphatic heterocycles. The van der Waals surface area contributed by atoms with E-state index in [1.807, 2.05) is 12.1 Å². The van der Waals surface area contributed by atoms with Crippen LogP contribution in [-0.2, 0) is 11.2 Å². The fourth-order valence-corrected chi connectivity index (χ4v) is 3.68. The van der Waals surface area contributed by atoms with Crippen LogP contribution < -0.4 is 5.32 Å². The van der Waals surface area contributed by atoms with Crippen LogP contribution in [0, 0.1) is 6.92 Å². The number of nitrogens with zero attached hydrogens (tertiary/aromatic N) is 2. The third-order valence-corrected chi connectivity index (χ3v) is 5.31. The highest BCUT2D eigenvalue weighted by molar-refractivity contribution is 5.78. The Morgan fingerprint density at radius 2 is 1.81 bits per heavy atom. The van der Waals surface area contributed by atoms with Crippen molar-refractivity contribution in [1.82, 2.24) is 15.1 Å². The van der Waals surface area contributed by atoms with Crippen molar-refractivity contribution in [1.29, 1.82) is 0 Å². The number of hydrogen-bond donors (Lipinski definition) is 1. The van der Waals surface area contributed by atoms with Gasteiger partial charge in [-0.15, -0.1) is 0 Å². The van der Waals surface area contributed by atoms with Crippen LogP contribution in [0.2, 0.25) is 0 Å². The van der Waals surface area contributed by atoms with Crippen LogP contribution in [0.3, 0.4) is 0 Å². The Labute approximate surface area is 163 Å². The normalized spacial score (nSPS) is 18.4. The Balaban J connectivity index is 1.44. The maximum absolute atomic E-state index is 12.1. The van der Waals surface area contributed by atoms with Gasteiger partial charge in [-0.05, 0) is 31.5 Å².